The number of Topliss-reactive ketones (excluding diaryl/α,β-unsaturated/α-hetero) is 1. The minimum Gasteiger partial charge on any atom is -0.312 e. The fourth-order valence-corrected chi connectivity index (χ4v) is 6.09. The number of carbonyl (C=O) groups is 1. The summed E-state index contributed by atoms with van der Waals surface area (Å²) in [6.07, 6.45) is 0. The molecule has 1 fully saturated rings. The Hall–Kier alpha value is -1.19. The number of benzene rings is 1. The molecule has 2 aliphatic rings. The molecule has 1 heterocycles. The Bertz CT molecular complexity index is 542. The van der Waals surface area contributed by atoms with Crippen LogP contribution < -0.4 is 5.32 Å². The Labute approximate surface area is 115 Å². The molecule has 1 aromatic carbocycles. The summed E-state index contributed by atoms with van der Waals surface area (Å²) in [7, 11) is -1.48. The molecule has 3 heteroatoms. The van der Waals surface area contributed by atoms with Crippen LogP contribution in [0.5, 0.6) is 0 Å². The van der Waals surface area contributed by atoms with Crippen molar-refractivity contribution in [2.24, 2.45) is 5.92 Å². The van der Waals surface area contributed by atoms with E-state index in [9.17, 15) is 4.79 Å². The van der Waals surface area contributed by atoms with Crippen LogP contribution in [0.1, 0.15) is 5.56 Å². The second-order valence-corrected chi connectivity index (χ2v) is 12.1. The van der Waals surface area contributed by atoms with Crippen LogP contribution in [0.3, 0.4) is 0 Å². The van der Waals surface area contributed by atoms with Crippen molar-refractivity contribution in [1.29, 1.82) is 0 Å². The monoisotopic (exact) mass is 271 g/mol. The molecule has 0 amide bonds. The van der Waals surface area contributed by atoms with Gasteiger partial charge in [0.25, 0.3) is 0 Å². The van der Waals surface area contributed by atoms with Crippen molar-refractivity contribution in [3.05, 3.63) is 41.5 Å². The summed E-state index contributed by atoms with van der Waals surface area (Å²) in [4.78, 5) is 12.9. The zero-order valence-corrected chi connectivity index (χ0v) is 12.9. The summed E-state index contributed by atoms with van der Waals surface area (Å²) in [6.45, 7) is 8.83. The Kier molecular flexibility index (Phi) is 2.99. The quantitative estimate of drug-likeness (QED) is 0.838. The first-order valence-electron chi connectivity index (χ1n) is 7.03. The Morgan fingerprint density at radius 1 is 1.16 bits per heavy atom. The second kappa shape index (κ2) is 4.42. The van der Waals surface area contributed by atoms with Gasteiger partial charge in [-0.05, 0) is 11.1 Å². The van der Waals surface area contributed by atoms with Crippen LogP contribution in [0.25, 0.3) is 5.57 Å². The summed E-state index contributed by atoms with van der Waals surface area (Å²) in [5, 5.41) is 3.46. The van der Waals surface area contributed by atoms with Crippen molar-refractivity contribution in [1.82, 2.24) is 5.32 Å². The lowest BCUT2D eigenvalue weighted by molar-refractivity contribution is -0.113. The van der Waals surface area contributed by atoms with Crippen molar-refractivity contribution >= 4 is 19.4 Å². The molecule has 0 spiro atoms. The molecule has 100 valence electrons. The van der Waals surface area contributed by atoms with Crippen molar-refractivity contribution in [2.75, 3.05) is 13.1 Å². The van der Waals surface area contributed by atoms with Crippen LogP contribution in [0.4, 0.5) is 0 Å². The lowest BCUT2D eigenvalue weighted by atomic mass is 10.0. The molecule has 2 atom stereocenters. The molecule has 0 bridgehead atoms. The van der Waals surface area contributed by atoms with Crippen LogP contribution in [-0.4, -0.2) is 26.9 Å². The maximum absolute atomic E-state index is 12.9. The maximum Gasteiger partial charge on any atom is 0.164 e. The molecule has 1 saturated heterocycles. The SMILES string of the molecule is C[Si](C)(C)C1C(=O)C(c2ccccc2)=C2CNCC21. The molecule has 1 N–H and O–H groups in total. The first kappa shape index (κ1) is 12.8. The fraction of sp³-hybridized carbons (Fsp3) is 0.438. The highest BCUT2D eigenvalue weighted by atomic mass is 28.3. The van der Waals surface area contributed by atoms with E-state index >= 15 is 0 Å². The minimum atomic E-state index is -1.48. The molecular weight excluding hydrogens is 250 g/mol. The third kappa shape index (κ3) is 2.01. The number of allylic oxidation sites excluding steroid dienone is 1. The molecule has 3 rings (SSSR count). The maximum atomic E-state index is 12.9. The third-order valence-electron chi connectivity index (χ3n) is 4.38. The highest BCUT2D eigenvalue weighted by Crippen LogP contribution is 2.48. The van der Waals surface area contributed by atoms with Crippen LogP contribution in [0.15, 0.2) is 35.9 Å². The molecule has 2 unspecified atom stereocenters. The minimum absolute atomic E-state index is 0.257. The summed E-state index contributed by atoms with van der Waals surface area (Å²) in [6, 6.07) is 10.2. The van der Waals surface area contributed by atoms with E-state index in [2.05, 4.69) is 37.1 Å². The lowest BCUT2D eigenvalue weighted by Crippen LogP contribution is -2.37. The van der Waals surface area contributed by atoms with Gasteiger partial charge < -0.3 is 5.32 Å². The van der Waals surface area contributed by atoms with E-state index in [-0.39, 0.29) is 5.54 Å². The van der Waals surface area contributed by atoms with Crippen LogP contribution in [0, 0.1) is 5.92 Å². The van der Waals surface area contributed by atoms with Gasteiger partial charge >= 0.3 is 0 Å². The van der Waals surface area contributed by atoms with E-state index in [1.54, 1.807) is 0 Å². The number of hydrogen-bond donors (Lipinski definition) is 1. The Balaban J connectivity index is 2.09. The smallest absolute Gasteiger partial charge is 0.164 e. The van der Waals surface area contributed by atoms with E-state index in [0.29, 0.717) is 11.7 Å². The van der Waals surface area contributed by atoms with Crippen LogP contribution in [-0.2, 0) is 4.79 Å². The molecule has 1 aliphatic carbocycles. The summed E-state index contributed by atoms with van der Waals surface area (Å²) >= 11 is 0. The molecular formula is C16H21NOSi. The number of ketones is 1. The third-order valence-corrected chi connectivity index (χ3v) is 6.91. The number of carbonyl (C=O) groups excluding carboxylic acids is 1. The molecule has 2 nitrogen and oxygen atoms in total. The molecule has 1 aromatic rings. The van der Waals surface area contributed by atoms with Gasteiger partial charge in [0.2, 0.25) is 0 Å². The average molecular weight is 271 g/mol. The number of nitrogens with one attached hydrogen (secondary N) is 1. The highest BCUT2D eigenvalue weighted by molar-refractivity contribution is 6.82. The van der Waals surface area contributed by atoms with Crippen molar-refractivity contribution in [3.8, 4) is 0 Å². The van der Waals surface area contributed by atoms with Gasteiger partial charge in [-0.15, -0.1) is 0 Å². The van der Waals surface area contributed by atoms with E-state index in [4.69, 9.17) is 0 Å². The molecule has 0 saturated carbocycles. The molecule has 0 aromatic heterocycles. The number of rotatable bonds is 2. The zero-order chi connectivity index (χ0) is 13.6. The summed E-state index contributed by atoms with van der Waals surface area (Å²) in [5.41, 5.74) is 3.75. The van der Waals surface area contributed by atoms with Gasteiger partial charge in [0.1, 0.15) is 0 Å². The predicted octanol–water partition coefficient (Wildman–Crippen LogP) is 2.95. The first-order chi connectivity index (χ1) is 9.00. The molecule has 0 radical (unpaired) electrons. The van der Waals surface area contributed by atoms with Crippen LogP contribution >= 0.6 is 0 Å². The predicted molar refractivity (Wildman–Crippen MR) is 81.8 cm³/mol. The average Bonchev–Trinajstić information content (AvgIpc) is 2.87. The number of hydrogen-bond acceptors (Lipinski definition) is 2. The van der Waals surface area contributed by atoms with Gasteiger partial charge in [-0.3, -0.25) is 4.79 Å². The molecule has 19 heavy (non-hydrogen) atoms. The number of fused-ring (bicyclic) bond motifs is 1. The van der Waals surface area contributed by atoms with Gasteiger partial charge in [-0.1, -0.05) is 50.0 Å². The standard InChI is InChI=1S/C16H21NOSi/c1-19(2,3)16-13-10-17-9-12(13)14(15(16)18)11-7-5-4-6-8-11/h4-8,13,16-17H,9-10H2,1-3H3. The van der Waals surface area contributed by atoms with Crippen LogP contribution in [0.2, 0.25) is 25.2 Å². The lowest BCUT2D eigenvalue weighted by Gasteiger charge is -2.28. The van der Waals surface area contributed by atoms with Gasteiger partial charge in [0, 0.05) is 30.1 Å². The van der Waals surface area contributed by atoms with Crippen molar-refractivity contribution in [2.45, 2.75) is 25.2 Å². The first-order valence-corrected chi connectivity index (χ1v) is 10.6. The topological polar surface area (TPSA) is 29.1 Å². The Morgan fingerprint density at radius 3 is 2.47 bits per heavy atom. The van der Waals surface area contributed by atoms with E-state index in [1.165, 1.54) is 5.57 Å². The van der Waals surface area contributed by atoms with E-state index in [1.807, 2.05) is 18.2 Å². The Morgan fingerprint density at radius 2 is 1.84 bits per heavy atom. The largest absolute Gasteiger partial charge is 0.312 e. The highest BCUT2D eigenvalue weighted by Gasteiger charge is 2.49. The second-order valence-electron chi connectivity index (χ2n) is 6.71. The van der Waals surface area contributed by atoms with Gasteiger partial charge in [-0.2, -0.15) is 0 Å². The van der Waals surface area contributed by atoms with E-state index in [0.717, 1.165) is 24.2 Å². The zero-order valence-electron chi connectivity index (χ0n) is 11.9. The summed E-state index contributed by atoms with van der Waals surface area (Å²) in [5.74, 6) is 0.862. The fourth-order valence-electron chi connectivity index (χ4n) is 3.64. The van der Waals surface area contributed by atoms with E-state index < -0.39 is 8.07 Å². The molecule has 1 aliphatic heterocycles. The normalized spacial score (nSPS) is 27.0. The summed E-state index contributed by atoms with van der Waals surface area (Å²) < 4.78 is 0. The van der Waals surface area contributed by atoms with Gasteiger partial charge in [0.05, 0.1) is 8.07 Å². The van der Waals surface area contributed by atoms with Gasteiger partial charge in [-0.25, -0.2) is 0 Å². The van der Waals surface area contributed by atoms with Crippen molar-refractivity contribution in [3.63, 3.8) is 0 Å². The van der Waals surface area contributed by atoms with Crippen molar-refractivity contribution < 1.29 is 4.79 Å². The van der Waals surface area contributed by atoms with Gasteiger partial charge in [0.15, 0.2) is 5.78 Å².